The van der Waals surface area contributed by atoms with Crippen LogP contribution in [0.4, 0.5) is 11.6 Å². The Bertz CT molecular complexity index is 392. The second kappa shape index (κ2) is 6.52. The van der Waals surface area contributed by atoms with Gasteiger partial charge in [0.1, 0.15) is 17.5 Å². The molecule has 0 aromatic carbocycles. The Labute approximate surface area is 117 Å². The Balaban J connectivity index is 1.95. The first-order valence-electron chi connectivity index (χ1n) is 6.23. The van der Waals surface area contributed by atoms with Crippen LogP contribution in [0.3, 0.4) is 0 Å². The van der Waals surface area contributed by atoms with Gasteiger partial charge in [0, 0.05) is 41.0 Å². The van der Waals surface area contributed by atoms with Crippen molar-refractivity contribution in [1.82, 2.24) is 9.97 Å². The van der Waals surface area contributed by atoms with E-state index in [0.717, 1.165) is 18.2 Å². The van der Waals surface area contributed by atoms with Gasteiger partial charge in [-0.3, -0.25) is 0 Å². The van der Waals surface area contributed by atoms with Crippen molar-refractivity contribution in [3.63, 3.8) is 0 Å². The van der Waals surface area contributed by atoms with Gasteiger partial charge >= 0.3 is 0 Å². The summed E-state index contributed by atoms with van der Waals surface area (Å²) in [5, 5.41) is 4.05. The molecule has 18 heavy (non-hydrogen) atoms. The zero-order valence-corrected chi connectivity index (χ0v) is 12.5. The van der Waals surface area contributed by atoms with E-state index in [4.69, 9.17) is 5.73 Å². The van der Waals surface area contributed by atoms with Gasteiger partial charge in [0.25, 0.3) is 0 Å². The van der Waals surface area contributed by atoms with Gasteiger partial charge in [-0.05, 0) is 0 Å². The summed E-state index contributed by atoms with van der Waals surface area (Å²) in [6.07, 6.45) is 0. The third-order valence-electron chi connectivity index (χ3n) is 2.68. The number of thioether (sulfide) groups is 2. The fourth-order valence-electron chi connectivity index (χ4n) is 1.71. The monoisotopic (exact) mass is 284 g/mol. The van der Waals surface area contributed by atoms with Crippen LogP contribution in [0, 0.1) is 0 Å². The van der Waals surface area contributed by atoms with Crippen molar-refractivity contribution in [2.45, 2.75) is 25.0 Å². The Morgan fingerprint density at radius 2 is 2.28 bits per heavy atom. The van der Waals surface area contributed by atoms with Gasteiger partial charge in [0.05, 0.1) is 0 Å². The van der Waals surface area contributed by atoms with E-state index in [-0.39, 0.29) is 0 Å². The summed E-state index contributed by atoms with van der Waals surface area (Å²) in [6.45, 7) is 5.10. The third-order valence-corrected chi connectivity index (χ3v) is 5.52. The molecule has 1 aromatic rings. The zero-order valence-electron chi connectivity index (χ0n) is 10.8. The Kier molecular flexibility index (Phi) is 5.00. The van der Waals surface area contributed by atoms with Gasteiger partial charge in [0.15, 0.2) is 0 Å². The molecule has 0 radical (unpaired) electrons. The van der Waals surface area contributed by atoms with E-state index < -0.39 is 0 Å². The van der Waals surface area contributed by atoms with Crippen LogP contribution in [0.25, 0.3) is 0 Å². The van der Waals surface area contributed by atoms with Crippen LogP contribution in [0.15, 0.2) is 6.07 Å². The lowest BCUT2D eigenvalue weighted by atomic mass is 10.2. The van der Waals surface area contributed by atoms with Crippen LogP contribution in [0.1, 0.15) is 25.6 Å². The van der Waals surface area contributed by atoms with Crippen molar-refractivity contribution in [2.24, 2.45) is 0 Å². The van der Waals surface area contributed by atoms with Gasteiger partial charge in [0.2, 0.25) is 0 Å². The molecular formula is C12H20N4S2. The van der Waals surface area contributed by atoms with Crippen molar-refractivity contribution >= 4 is 35.2 Å². The van der Waals surface area contributed by atoms with Crippen molar-refractivity contribution in [3.8, 4) is 0 Å². The van der Waals surface area contributed by atoms with Gasteiger partial charge in [-0.2, -0.15) is 23.5 Å². The van der Waals surface area contributed by atoms with E-state index in [9.17, 15) is 0 Å². The molecule has 0 aliphatic carbocycles. The summed E-state index contributed by atoms with van der Waals surface area (Å²) < 4.78 is 0. The van der Waals surface area contributed by atoms with Crippen molar-refractivity contribution in [3.05, 3.63) is 11.9 Å². The van der Waals surface area contributed by atoms with Crippen LogP contribution in [-0.2, 0) is 0 Å². The number of hydrogen-bond donors (Lipinski definition) is 2. The molecule has 1 fully saturated rings. The number of anilines is 2. The SMILES string of the molecule is CC(C)c1nc(N)cc(NCC2CSCCS2)n1. The standard InChI is InChI=1S/C12H20N4S2/c1-8(2)12-15-10(13)5-11(16-12)14-6-9-7-17-3-4-18-9/h5,8-9H,3-4,6-7H2,1-2H3,(H3,13,14,15,16). The second-order valence-corrected chi connectivity index (χ2v) is 7.20. The lowest BCUT2D eigenvalue weighted by Gasteiger charge is -2.21. The molecule has 2 rings (SSSR count). The molecule has 2 heterocycles. The molecule has 1 aliphatic rings. The van der Waals surface area contributed by atoms with Gasteiger partial charge < -0.3 is 11.1 Å². The van der Waals surface area contributed by atoms with E-state index in [2.05, 4.69) is 29.1 Å². The lowest BCUT2D eigenvalue weighted by Crippen LogP contribution is -2.23. The second-order valence-electron chi connectivity index (χ2n) is 4.64. The maximum atomic E-state index is 5.81. The average Bonchev–Trinajstić information content (AvgIpc) is 2.37. The van der Waals surface area contributed by atoms with Crippen LogP contribution in [0.5, 0.6) is 0 Å². The molecule has 0 spiro atoms. The summed E-state index contributed by atoms with van der Waals surface area (Å²) in [7, 11) is 0. The predicted molar refractivity (Wildman–Crippen MR) is 82.6 cm³/mol. The molecule has 4 nitrogen and oxygen atoms in total. The van der Waals surface area contributed by atoms with E-state index in [1.54, 1.807) is 0 Å². The van der Waals surface area contributed by atoms with Gasteiger partial charge in [-0.15, -0.1) is 0 Å². The summed E-state index contributed by atoms with van der Waals surface area (Å²) in [5.41, 5.74) is 5.81. The van der Waals surface area contributed by atoms with E-state index >= 15 is 0 Å². The van der Waals surface area contributed by atoms with Crippen LogP contribution in [-0.4, -0.2) is 39.0 Å². The first-order chi connectivity index (χ1) is 8.65. The number of nitrogens with zero attached hydrogens (tertiary/aromatic N) is 2. The maximum Gasteiger partial charge on any atom is 0.135 e. The first kappa shape index (κ1) is 13.8. The summed E-state index contributed by atoms with van der Waals surface area (Å²) >= 11 is 4.07. The number of hydrogen-bond acceptors (Lipinski definition) is 6. The van der Waals surface area contributed by atoms with E-state index in [0.29, 0.717) is 17.0 Å². The molecule has 6 heteroatoms. The number of aromatic nitrogens is 2. The largest absolute Gasteiger partial charge is 0.384 e. The summed E-state index contributed by atoms with van der Waals surface area (Å²) in [5.74, 6) is 6.25. The van der Waals surface area contributed by atoms with E-state index in [1.165, 1.54) is 17.3 Å². The minimum absolute atomic E-state index is 0.300. The fourth-order valence-corrected chi connectivity index (χ4v) is 4.32. The topological polar surface area (TPSA) is 63.8 Å². The maximum absolute atomic E-state index is 5.81. The van der Waals surface area contributed by atoms with Crippen molar-refractivity contribution < 1.29 is 0 Å². The molecule has 1 aromatic heterocycles. The highest BCUT2D eigenvalue weighted by molar-refractivity contribution is 8.06. The van der Waals surface area contributed by atoms with Crippen LogP contribution in [0.2, 0.25) is 0 Å². The molecule has 1 saturated heterocycles. The minimum atomic E-state index is 0.300. The lowest BCUT2D eigenvalue weighted by molar-refractivity contribution is 0.776. The van der Waals surface area contributed by atoms with Crippen LogP contribution >= 0.6 is 23.5 Å². The Morgan fingerprint density at radius 3 is 2.94 bits per heavy atom. The molecule has 100 valence electrons. The molecular weight excluding hydrogens is 264 g/mol. The van der Waals surface area contributed by atoms with Crippen molar-refractivity contribution in [1.29, 1.82) is 0 Å². The molecule has 1 unspecified atom stereocenters. The van der Waals surface area contributed by atoms with Gasteiger partial charge in [-0.25, -0.2) is 9.97 Å². The highest BCUT2D eigenvalue weighted by Gasteiger charge is 2.14. The molecule has 1 aliphatic heterocycles. The van der Waals surface area contributed by atoms with E-state index in [1.807, 2.05) is 29.6 Å². The quantitative estimate of drug-likeness (QED) is 0.885. The number of nitrogens with one attached hydrogen (secondary N) is 1. The Morgan fingerprint density at radius 1 is 1.44 bits per heavy atom. The van der Waals surface area contributed by atoms with Crippen LogP contribution < -0.4 is 11.1 Å². The predicted octanol–water partition coefficient (Wildman–Crippen LogP) is 2.44. The van der Waals surface area contributed by atoms with Gasteiger partial charge in [-0.1, -0.05) is 13.8 Å². The number of rotatable bonds is 4. The fraction of sp³-hybridized carbons (Fsp3) is 0.667. The number of nitrogen functional groups attached to an aromatic ring is 1. The molecule has 0 amide bonds. The number of nitrogens with two attached hydrogens (primary N) is 1. The molecule has 1 atom stereocenters. The molecule has 0 saturated carbocycles. The first-order valence-corrected chi connectivity index (χ1v) is 8.43. The average molecular weight is 284 g/mol. The molecule has 0 bridgehead atoms. The highest BCUT2D eigenvalue weighted by atomic mass is 32.2. The molecule has 3 N–H and O–H groups in total. The minimum Gasteiger partial charge on any atom is -0.384 e. The Hall–Kier alpha value is -0.620. The normalized spacial score (nSPS) is 20.1. The summed E-state index contributed by atoms with van der Waals surface area (Å²) in [4.78, 5) is 8.74. The zero-order chi connectivity index (χ0) is 13.0. The summed E-state index contributed by atoms with van der Waals surface area (Å²) in [6, 6.07) is 1.81. The van der Waals surface area contributed by atoms with Crippen molar-refractivity contribution in [2.75, 3.05) is 34.9 Å². The smallest absolute Gasteiger partial charge is 0.135 e. The third kappa shape index (κ3) is 3.95. The highest BCUT2D eigenvalue weighted by Crippen LogP contribution is 2.24.